The number of rotatable bonds is 50. The summed E-state index contributed by atoms with van der Waals surface area (Å²) < 4.78 is 34.1. The van der Waals surface area contributed by atoms with E-state index in [1.54, 1.807) is 0 Å². The molecule has 67 heavy (non-hydrogen) atoms. The van der Waals surface area contributed by atoms with Crippen molar-refractivity contribution in [3.05, 3.63) is 60.8 Å². The van der Waals surface area contributed by atoms with Crippen LogP contribution >= 0.6 is 7.82 Å². The smallest absolute Gasteiger partial charge is 0.306 e. The lowest BCUT2D eigenvalue weighted by atomic mass is 10.0. The highest BCUT2D eigenvalue weighted by Gasteiger charge is 2.21. The van der Waals surface area contributed by atoms with Crippen molar-refractivity contribution in [3.63, 3.8) is 0 Å². The molecule has 0 aliphatic rings. The summed E-state index contributed by atoms with van der Waals surface area (Å²) in [5.74, 6) is -0.836. The van der Waals surface area contributed by atoms with Gasteiger partial charge in [0.1, 0.15) is 19.8 Å². The van der Waals surface area contributed by atoms with Gasteiger partial charge in [-0.1, -0.05) is 209 Å². The van der Waals surface area contributed by atoms with Crippen molar-refractivity contribution in [3.8, 4) is 0 Å². The topological polar surface area (TPSA) is 111 Å². The first-order valence-corrected chi connectivity index (χ1v) is 29.0. The van der Waals surface area contributed by atoms with Crippen molar-refractivity contribution in [1.82, 2.24) is 0 Å². The summed E-state index contributed by atoms with van der Waals surface area (Å²) in [5.41, 5.74) is 0. The number of esters is 2. The highest BCUT2D eigenvalue weighted by atomic mass is 31.2. The van der Waals surface area contributed by atoms with Crippen LogP contribution in [-0.4, -0.2) is 70.0 Å². The van der Waals surface area contributed by atoms with Crippen molar-refractivity contribution in [2.24, 2.45) is 0 Å². The number of likely N-dealkylation sites (N-methyl/N-ethyl adjacent to an activating group) is 1. The standard InChI is InChI=1S/C57H104NO8P/c1-6-8-10-12-14-16-18-20-22-24-26-27-28-29-30-31-32-34-36-38-40-42-44-46-48-50-57(60)66-55(54-65-67(61,62)64-52-51-58(3,4)5)53-63-56(59)49-47-45-43-41-39-37-35-33-25-23-21-19-17-15-13-11-9-7-2/h8,10,14,16,20,22-23,25-27,55H,6-7,9,11-13,15,17-19,21,24,28-54H2,1-5H3/b10-8-,16-14-,22-20-,25-23-,27-26-. The van der Waals surface area contributed by atoms with Gasteiger partial charge in [-0.25, -0.2) is 0 Å². The first kappa shape index (κ1) is 64.7. The molecule has 0 bridgehead atoms. The molecule has 0 saturated carbocycles. The number of quaternary nitrogens is 1. The highest BCUT2D eigenvalue weighted by molar-refractivity contribution is 7.45. The van der Waals surface area contributed by atoms with E-state index in [-0.39, 0.29) is 32.0 Å². The number of nitrogens with zero attached hydrogens (tertiary/aromatic N) is 1. The van der Waals surface area contributed by atoms with Crippen molar-refractivity contribution in [2.75, 3.05) is 47.5 Å². The minimum absolute atomic E-state index is 0.0331. The average Bonchev–Trinajstić information content (AvgIpc) is 3.29. The highest BCUT2D eigenvalue weighted by Crippen LogP contribution is 2.38. The maximum absolute atomic E-state index is 12.8. The monoisotopic (exact) mass is 962 g/mol. The molecule has 0 aromatic heterocycles. The fourth-order valence-corrected chi connectivity index (χ4v) is 8.25. The number of carbonyl (C=O) groups is 2. The Morgan fingerprint density at radius 1 is 0.478 bits per heavy atom. The van der Waals surface area contributed by atoms with Crippen molar-refractivity contribution >= 4 is 19.8 Å². The van der Waals surface area contributed by atoms with Crippen LogP contribution in [0, 0.1) is 0 Å². The van der Waals surface area contributed by atoms with E-state index in [0.29, 0.717) is 17.4 Å². The van der Waals surface area contributed by atoms with Gasteiger partial charge in [0.2, 0.25) is 0 Å². The number of hydrogen-bond donors (Lipinski definition) is 0. The molecule has 0 aromatic carbocycles. The molecule has 0 spiro atoms. The molecule has 0 saturated heterocycles. The average molecular weight is 962 g/mol. The van der Waals surface area contributed by atoms with Crippen LogP contribution in [0.1, 0.15) is 239 Å². The molecule has 10 heteroatoms. The number of phosphoric ester groups is 1. The number of hydrogen-bond acceptors (Lipinski definition) is 8. The Hall–Kier alpha value is -2.29. The largest absolute Gasteiger partial charge is 0.756 e. The lowest BCUT2D eigenvalue weighted by molar-refractivity contribution is -0.870. The van der Waals surface area contributed by atoms with E-state index in [9.17, 15) is 19.0 Å². The minimum Gasteiger partial charge on any atom is -0.756 e. The molecule has 0 radical (unpaired) electrons. The summed E-state index contributed by atoms with van der Waals surface area (Å²) in [6.07, 6.45) is 61.1. The Morgan fingerprint density at radius 2 is 0.851 bits per heavy atom. The van der Waals surface area contributed by atoms with E-state index < -0.39 is 26.5 Å². The van der Waals surface area contributed by atoms with Gasteiger partial charge < -0.3 is 27.9 Å². The minimum atomic E-state index is -4.64. The SMILES string of the molecule is CC/C=C\C/C=C\C/C=C\C/C=C\CCCCCCCCCCCCCCC(=O)OC(COC(=O)CCCCCCCCC/C=C\CCCCCCCCC)COP(=O)([O-])OCC[N+](C)(C)C. The van der Waals surface area contributed by atoms with Crippen LogP contribution in [0.25, 0.3) is 0 Å². The Labute approximate surface area is 413 Å². The van der Waals surface area contributed by atoms with Gasteiger partial charge in [-0.15, -0.1) is 0 Å². The Bertz CT molecular complexity index is 1320. The van der Waals surface area contributed by atoms with Gasteiger partial charge in [0.15, 0.2) is 6.10 Å². The van der Waals surface area contributed by atoms with Gasteiger partial charge in [-0.05, 0) is 77.0 Å². The summed E-state index contributed by atoms with van der Waals surface area (Å²) >= 11 is 0. The molecule has 0 heterocycles. The maximum atomic E-state index is 12.8. The molecule has 0 aliphatic heterocycles. The van der Waals surface area contributed by atoms with E-state index in [4.69, 9.17) is 18.5 Å². The fraction of sp³-hybridized carbons (Fsp3) is 0.789. The number of ether oxygens (including phenoxy) is 2. The van der Waals surface area contributed by atoms with Crippen LogP contribution in [0.4, 0.5) is 0 Å². The molecule has 9 nitrogen and oxygen atoms in total. The van der Waals surface area contributed by atoms with Gasteiger partial charge in [0.25, 0.3) is 7.82 Å². The molecule has 390 valence electrons. The lowest BCUT2D eigenvalue weighted by Gasteiger charge is -2.28. The van der Waals surface area contributed by atoms with Crippen LogP contribution in [0.5, 0.6) is 0 Å². The predicted molar refractivity (Wildman–Crippen MR) is 282 cm³/mol. The van der Waals surface area contributed by atoms with Crippen LogP contribution in [0.3, 0.4) is 0 Å². The molecule has 0 amide bonds. The number of allylic oxidation sites excluding steroid dienone is 10. The zero-order valence-electron chi connectivity index (χ0n) is 44.1. The third kappa shape index (κ3) is 52.9. The molecule has 0 fully saturated rings. The van der Waals surface area contributed by atoms with Gasteiger partial charge >= 0.3 is 11.9 Å². The van der Waals surface area contributed by atoms with Crippen LogP contribution in [0.15, 0.2) is 60.8 Å². The number of phosphoric acid groups is 1. The molecular weight excluding hydrogens is 858 g/mol. The zero-order valence-corrected chi connectivity index (χ0v) is 45.0. The number of unbranched alkanes of at least 4 members (excludes halogenated alkanes) is 26. The molecule has 0 aromatic rings. The third-order valence-electron chi connectivity index (χ3n) is 11.8. The quantitative estimate of drug-likeness (QED) is 0.0195. The third-order valence-corrected chi connectivity index (χ3v) is 12.7. The van der Waals surface area contributed by atoms with Crippen LogP contribution in [0.2, 0.25) is 0 Å². The van der Waals surface area contributed by atoms with E-state index >= 15 is 0 Å². The summed E-state index contributed by atoms with van der Waals surface area (Å²) in [4.78, 5) is 37.8. The first-order valence-electron chi connectivity index (χ1n) is 27.5. The van der Waals surface area contributed by atoms with E-state index in [0.717, 1.165) is 77.0 Å². The Morgan fingerprint density at radius 3 is 1.28 bits per heavy atom. The first-order chi connectivity index (χ1) is 32.5. The van der Waals surface area contributed by atoms with Crippen molar-refractivity contribution in [2.45, 2.75) is 245 Å². The van der Waals surface area contributed by atoms with Gasteiger partial charge in [-0.2, -0.15) is 0 Å². The maximum Gasteiger partial charge on any atom is 0.306 e. The molecule has 2 unspecified atom stereocenters. The van der Waals surface area contributed by atoms with Gasteiger partial charge in [-0.3, -0.25) is 14.2 Å². The Balaban J connectivity index is 4.20. The summed E-state index contributed by atoms with van der Waals surface area (Å²) in [5, 5.41) is 0. The molecule has 0 N–H and O–H groups in total. The Kier molecular flexibility index (Phi) is 47.1. The summed E-state index contributed by atoms with van der Waals surface area (Å²) in [7, 11) is 1.16. The van der Waals surface area contributed by atoms with E-state index in [1.807, 2.05) is 21.1 Å². The second-order valence-corrected chi connectivity index (χ2v) is 21.0. The van der Waals surface area contributed by atoms with Crippen LogP contribution < -0.4 is 4.89 Å². The predicted octanol–water partition coefficient (Wildman–Crippen LogP) is 16.1. The van der Waals surface area contributed by atoms with E-state index in [1.165, 1.54) is 128 Å². The van der Waals surface area contributed by atoms with E-state index in [2.05, 4.69) is 74.6 Å². The normalized spacial score (nSPS) is 13.8. The van der Waals surface area contributed by atoms with Crippen molar-refractivity contribution in [1.29, 1.82) is 0 Å². The lowest BCUT2D eigenvalue weighted by Crippen LogP contribution is -2.37. The fourth-order valence-electron chi connectivity index (χ4n) is 7.52. The van der Waals surface area contributed by atoms with Crippen molar-refractivity contribution < 1.29 is 42.1 Å². The van der Waals surface area contributed by atoms with Gasteiger partial charge in [0, 0.05) is 12.8 Å². The molecule has 0 aliphatic carbocycles. The second kappa shape index (κ2) is 48.7. The zero-order chi connectivity index (χ0) is 49.2. The molecule has 0 rings (SSSR count). The summed E-state index contributed by atoms with van der Waals surface area (Å²) in [6, 6.07) is 0. The van der Waals surface area contributed by atoms with Crippen LogP contribution in [-0.2, 0) is 32.7 Å². The molecular formula is C57H104NO8P. The summed E-state index contributed by atoms with van der Waals surface area (Å²) in [6.45, 7) is 4.13. The number of carbonyl (C=O) groups excluding carboxylic acids is 2. The second-order valence-electron chi connectivity index (χ2n) is 19.6. The van der Waals surface area contributed by atoms with Gasteiger partial charge in [0.05, 0.1) is 27.7 Å². The molecule has 2 atom stereocenters.